The van der Waals surface area contributed by atoms with Crippen LogP contribution in [-0.2, 0) is 16.2 Å². The zero-order chi connectivity index (χ0) is 49.4. The molecule has 8 aromatic carbocycles. The largest absolute Gasteiger partial charge is 0.324 e. The van der Waals surface area contributed by atoms with Crippen molar-refractivity contribution in [1.29, 1.82) is 0 Å². The molecule has 2 aliphatic heterocycles. The van der Waals surface area contributed by atoms with Gasteiger partial charge in [-0.05, 0) is 107 Å². The first-order chi connectivity index (χ1) is 34.5. The molecule has 3 aromatic heterocycles. The van der Waals surface area contributed by atoms with Crippen molar-refractivity contribution < 1.29 is 0 Å². The Morgan fingerprint density at radius 1 is 0.278 bits per heavy atom. The standard InChI is InChI=1S/C64H54N8/c1-62(2,3)37-24-27-42-47(30-37)57-66-54(42)65-55-43-28-25-38(63(4,5)6)31-48(43)59(67-55)71-61-51-34-46-45(33-50(51)60(72-61)69-56-44-29-26-39(64(7,8)9)32-49(44)58(68-56)70-57)52(35-18-12-10-13-19-35)40-22-16-17-23-41(40)53(46)36-20-14-11-15-21-36/h10-34H,1-9H3,(H2,65,66,67,68,69,70,71,72). The highest BCUT2D eigenvalue weighted by Crippen LogP contribution is 2.47. The smallest absolute Gasteiger partial charge is 0.164 e. The quantitative estimate of drug-likeness (QED) is 0.167. The Kier molecular flexibility index (Phi) is 9.44. The van der Waals surface area contributed by atoms with Crippen LogP contribution in [0.2, 0.25) is 0 Å². The van der Waals surface area contributed by atoms with E-state index in [2.05, 4.69) is 224 Å². The third-order valence-electron chi connectivity index (χ3n) is 14.7. The van der Waals surface area contributed by atoms with Crippen LogP contribution in [0.3, 0.4) is 0 Å². The first-order valence-corrected chi connectivity index (χ1v) is 25.0. The summed E-state index contributed by atoms with van der Waals surface area (Å²) in [5.74, 6) is 2.32. The Labute approximate surface area is 418 Å². The summed E-state index contributed by atoms with van der Waals surface area (Å²) < 4.78 is 0. The van der Waals surface area contributed by atoms with E-state index in [1.807, 2.05) is 0 Å². The van der Waals surface area contributed by atoms with E-state index in [0.29, 0.717) is 45.9 Å². The van der Waals surface area contributed by atoms with Gasteiger partial charge in [0.25, 0.3) is 0 Å². The van der Waals surface area contributed by atoms with Crippen molar-refractivity contribution in [3.63, 3.8) is 0 Å². The summed E-state index contributed by atoms with van der Waals surface area (Å²) in [7, 11) is 0. The van der Waals surface area contributed by atoms with Gasteiger partial charge in [-0.2, -0.15) is 0 Å². The Bertz CT molecular complexity index is 4260. The number of hydrogen-bond donors (Lipinski definition) is 2. The van der Waals surface area contributed by atoms with E-state index >= 15 is 0 Å². The molecular formula is C64H54N8. The molecule has 13 rings (SSSR count). The number of nitrogens with zero attached hydrogens (tertiary/aromatic N) is 6. The van der Waals surface area contributed by atoms with Gasteiger partial charge in [0, 0.05) is 43.8 Å². The van der Waals surface area contributed by atoms with Crippen LogP contribution in [-0.4, -0.2) is 39.9 Å². The molecule has 0 amide bonds. The molecular weight excluding hydrogens is 881 g/mol. The molecule has 2 aliphatic rings. The highest BCUT2D eigenvalue weighted by Gasteiger charge is 2.28. The minimum Gasteiger partial charge on any atom is -0.324 e. The summed E-state index contributed by atoms with van der Waals surface area (Å²) in [6.45, 7) is 20.1. The monoisotopic (exact) mass is 934 g/mol. The van der Waals surface area contributed by atoms with Crippen LogP contribution < -0.4 is 0 Å². The van der Waals surface area contributed by atoms with E-state index in [1.54, 1.807) is 0 Å². The van der Waals surface area contributed by atoms with Crippen LogP contribution in [0.15, 0.2) is 152 Å². The average Bonchev–Trinajstić information content (AvgIpc) is 4.09. The van der Waals surface area contributed by atoms with Crippen molar-refractivity contribution in [3.8, 4) is 67.8 Å². The Balaban J connectivity index is 1.23. The normalized spacial score (nSPS) is 12.8. The third-order valence-corrected chi connectivity index (χ3v) is 14.7. The van der Waals surface area contributed by atoms with Crippen molar-refractivity contribution in [2.24, 2.45) is 0 Å². The molecule has 5 heterocycles. The summed E-state index contributed by atoms with van der Waals surface area (Å²) in [5, 5.41) is 8.33. The number of hydrogen-bond acceptors (Lipinski definition) is 6. The van der Waals surface area contributed by atoms with Crippen LogP contribution in [0.25, 0.3) is 133 Å². The molecule has 2 N–H and O–H groups in total. The molecule has 8 bridgehead atoms. The summed E-state index contributed by atoms with van der Waals surface area (Å²) in [5.41, 5.74) is 14.2. The molecule has 350 valence electrons. The van der Waals surface area contributed by atoms with Crippen LogP contribution in [0.4, 0.5) is 0 Å². The maximum absolute atomic E-state index is 5.57. The van der Waals surface area contributed by atoms with Crippen LogP contribution >= 0.6 is 0 Å². The van der Waals surface area contributed by atoms with Crippen LogP contribution in [0.5, 0.6) is 0 Å². The molecule has 0 spiro atoms. The molecule has 0 unspecified atom stereocenters. The lowest BCUT2D eigenvalue weighted by Gasteiger charge is -2.19. The lowest BCUT2D eigenvalue weighted by molar-refractivity contribution is 0.590. The molecule has 0 aliphatic carbocycles. The van der Waals surface area contributed by atoms with Crippen molar-refractivity contribution in [1.82, 2.24) is 39.9 Å². The highest BCUT2D eigenvalue weighted by molar-refractivity contribution is 6.25. The van der Waals surface area contributed by atoms with Gasteiger partial charge in [0.1, 0.15) is 22.6 Å². The number of fused-ring (bicyclic) bond motifs is 22. The topological polar surface area (TPSA) is 109 Å². The fourth-order valence-electron chi connectivity index (χ4n) is 10.7. The van der Waals surface area contributed by atoms with Gasteiger partial charge in [0.2, 0.25) is 0 Å². The van der Waals surface area contributed by atoms with Gasteiger partial charge < -0.3 is 9.97 Å². The number of rotatable bonds is 2. The van der Waals surface area contributed by atoms with Gasteiger partial charge in [0.05, 0.1) is 0 Å². The van der Waals surface area contributed by atoms with E-state index in [1.165, 1.54) is 27.5 Å². The van der Waals surface area contributed by atoms with Crippen LogP contribution in [0, 0.1) is 0 Å². The summed E-state index contributed by atoms with van der Waals surface area (Å²) in [6, 6.07) is 54.7. The van der Waals surface area contributed by atoms with E-state index < -0.39 is 0 Å². The lowest BCUT2D eigenvalue weighted by atomic mass is 9.85. The Hall–Kier alpha value is -8.36. The number of aromatic amines is 2. The van der Waals surface area contributed by atoms with E-state index in [0.717, 1.165) is 76.8 Å². The second-order valence-electron chi connectivity index (χ2n) is 22.6. The maximum atomic E-state index is 5.57. The highest BCUT2D eigenvalue weighted by atomic mass is 15.1. The minimum absolute atomic E-state index is 0.0975. The molecule has 0 atom stereocenters. The number of benzene rings is 8. The van der Waals surface area contributed by atoms with Gasteiger partial charge in [-0.1, -0.05) is 184 Å². The van der Waals surface area contributed by atoms with Gasteiger partial charge in [-0.3, -0.25) is 0 Å². The SMILES string of the molecule is CC(C)(C)c1ccc2c(c1)-c1nc-2nc2[nH]c(nc3nc(nc4[nH]c(n1)c1cc(C(C)(C)C)ccc41)-c1ccc(C(C)(C)C)cc1-3)c1cc3c(-c4ccccc4)c4ccccc4c(-c4ccccc4)c3cc21. The molecule has 8 heteroatoms. The molecule has 0 radical (unpaired) electrons. The number of H-pyrrole nitrogens is 2. The number of aromatic nitrogens is 8. The van der Waals surface area contributed by atoms with Gasteiger partial charge >= 0.3 is 0 Å². The Morgan fingerprint density at radius 3 is 1.04 bits per heavy atom. The minimum atomic E-state index is -0.120. The summed E-state index contributed by atoms with van der Waals surface area (Å²) in [4.78, 5) is 40.1. The molecule has 0 saturated carbocycles. The van der Waals surface area contributed by atoms with Gasteiger partial charge in [-0.15, -0.1) is 0 Å². The first-order valence-electron chi connectivity index (χ1n) is 25.0. The average molecular weight is 935 g/mol. The molecule has 0 saturated heterocycles. The van der Waals surface area contributed by atoms with E-state index in [4.69, 9.17) is 29.9 Å². The second kappa shape index (κ2) is 15.6. The predicted molar refractivity (Wildman–Crippen MR) is 298 cm³/mol. The van der Waals surface area contributed by atoms with Crippen molar-refractivity contribution in [2.75, 3.05) is 0 Å². The third kappa shape index (κ3) is 7.02. The second-order valence-corrected chi connectivity index (χ2v) is 22.6. The maximum Gasteiger partial charge on any atom is 0.164 e. The zero-order valence-corrected chi connectivity index (χ0v) is 42.1. The summed E-state index contributed by atoms with van der Waals surface area (Å²) in [6.07, 6.45) is 0. The molecule has 0 fully saturated rings. The zero-order valence-electron chi connectivity index (χ0n) is 42.1. The van der Waals surface area contributed by atoms with Gasteiger partial charge in [0.15, 0.2) is 23.3 Å². The van der Waals surface area contributed by atoms with Crippen molar-refractivity contribution >= 4 is 65.7 Å². The Morgan fingerprint density at radius 2 is 0.625 bits per heavy atom. The molecule has 8 nitrogen and oxygen atoms in total. The molecule has 72 heavy (non-hydrogen) atoms. The van der Waals surface area contributed by atoms with E-state index in [-0.39, 0.29) is 16.2 Å². The molecule has 11 aromatic rings. The van der Waals surface area contributed by atoms with Gasteiger partial charge in [-0.25, -0.2) is 29.9 Å². The van der Waals surface area contributed by atoms with E-state index in [9.17, 15) is 0 Å². The fraction of sp³-hybridized carbons (Fsp3) is 0.188. The lowest BCUT2D eigenvalue weighted by Crippen LogP contribution is -2.10. The fourth-order valence-corrected chi connectivity index (χ4v) is 10.7. The van der Waals surface area contributed by atoms with Crippen molar-refractivity contribution in [3.05, 3.63) is 168 Å². The van der Waals surface area contributed by atoms with Crippen molar-refractivity contribution in [2.45, 2.75) is 78.6 Å². The first kappa shape index (κ1) is 43.6. The van der Waals surface area contributed by atoms with Crippen LogP contribution in [0.1, 0.15) is 79.0 Å². The summed E-state index contributed by atoms with van der Waals surface area (Å²) >= 11 is 0. The predicted octanol–water partition coefficient (Wildman–Crippen LogP) is 16.4. The number of nitrogens with one attached hydrogen (secondary N) is 2.